The van der Waals surface area contributed by atoms with Gasteiger partial charge in [-0.1, -0.05) is 139 Å². The summed E-state index contributed by atoms with van der Waals surface area (Å²) in [6.45, 7) is -4.87. The van der Waals surface area contributed by atoms with E-state index >= 15 is 28.8 Å². The lowest BCUT2D eigenvalue weighted by Gasteiger charge is -2.31. The molecule has 0 saturated carbocycles. The standard InChI is InChI=1S/C96H146N28O25/c1-2-3-28-66(86(138)114-69-35-37-79(129)102-38-23-22-30-65(85(98)137)110-90(142)71(45-60-48-105-64-29-21-20-27-63(60)64)115-87(139)67(31-24-39-104-96(99)100)111-89(141)70(44-59-25-16-15-17-26-59)117-94(146)75-47-62(126)52-124(75)95(69)147)112-92(144)73(50-106-81(131)53-123(54-83(133)134)55-84(135)136)118-91(143)72(46-61-49-101-58-108-61)116-88(140)68(34-36-76(97)127)113-93(145)74(56-125)109-80(130)51-107-82(132)57-149-43-42-148-41-40-103-78(128)33-19-14-12-10-8-6-4-5-7-9-11-13-18-32-77-119-121-122-120-77/h15-17,20-21,25-27,29,48-49,58,62,65-75,105,125-126H,2-14,18-19,22-24,28,30-47,50-57H2,1H3,(H2,97,127)(H2,98,137)(H,101,108)(H,102,129)(H,103,128)(H,106,131)(H,107,132)(H,109,130)(H,110,142)(H,111,141)(H,112,144)(H,113,145)(H,114,138)(H,115,139)(H,116,140)(H,117,146)(H,118,143)(H,133,134)(H,135,136)(H4,99,100,104)(H,119,120,121,122)/t62-,65+,66+,67+,68+,69+,70-,71-,72+,73+,74+,75+/m1/s1. The molecule has 0 bridgehead atoms. The zero-order valence-electron chi connectivity index (χ0n) is 84.0. The van der Waals surface area contributed by atoms with Crippen LogP contribution >= 0.6 is 0 Å². The Kier molecular flexibility index (Phi) is 54.7. The van der Waals surface area contributed by atoms with Gasteiger partial charge in [-0.15, -0.1) is 5.10 Å². The number of primary amides is 2. The van der Waals surface area contributed by atoms with Gasteiger partial charge in [0.25, 0.3) is 0 Å². The number of rotatable bonds is 63. The highest BCUT2D eigenvalue weighted by atomic mass is 16.5. The van der Waals surface area contributed by atoms with Crippen LogP contribution in [0.5, 0.6) is 0 Å². The van der Waals surface area contributed by atoms with Crippen LogP contribution in [0.4, 0.5) is 0 Å². The third-order valence-electron chi connectivity index (χ3n) is 24.6. The molecule has 29 N–H and O–H groups in total. The van der Waals surface area contributed by atoms with E-state index in [0.717, 1.165) is 49.2 Å². The average molecular weight is 2090 g/mol. The fourth-order valence-corrected chi connectivity index (χ4v) is 16.6. The minimum atomic E-state index is -2.08. The maximum atomic E-state index is 15.5. The second-order valence-electron chi connectivity index (χ2n) is 36.7. The number of nitrogens with one attached hydrogen (secondary N) is 19. The van der Waals surface area contributed by atoms with E-state index in [-0.39, 0.29) is 109 Å². The molecule has 0 spiro atoms. The molecule has 53 nitrogen and oxygen atoms in total. The molecule has 0 unspecified atom stereocenters. The summed E-state index contributed by atoms with van der Waals surface area (Å²) in [6.07, 6.45) is 15.0. The van der Waals surface area contributed by atoms with Crippen LogP contribution in [-0.2, 0) is 126 Å². The first-order valence-electron chi connectivity index (χ1n) is 50.5. The number of aromatic nitrogens is 7. The van der Waals surface area contributed by atoms with E-state index in [0.29, 0.717) is 39.8 Å². The van der Waals surface area contributed by atoms with Crippen molar-refractivity contribution in [2.75, 3.05) is 91.9 Å². The summed E-state index contributed by atoms with van der Waals surface area (Å²) >= 11 is 0. The molecule has 7 rings (SSSR count). The van der Waals surface area contributed by atoms with Crippen molar-refractivity contribution in [1.82, 2.24) is 125 Å². The highest BCUT2D eigenvalue weighted by molar-refractivity contribution is 6.01. The number of nitrogens with two attached hydrogens (primary N) is 3. The molecule has 2 saturated heterocycles. The van der Waals surface area contributed by atoms with Crippen molar-refractivity contribution in [3.8, 4) is 0 Å². The van der Waals surface area contributed by atoms with E-state index in [1.54, 1.807) is 67.7 Å². The average Bonchev–Trinajstić information content (AvgIpc) is 1.69. The predicted molar refractivity (Wildman–Crippen MR) is 534 cm³/mol. The first-order valence-corrected chi connectivity index (χ1v) is 50.5. The number of hydrogen-bond acceptors (Lipinski definition) is 29. The smallest absolute Gasteiger partial charge is 0.317 e. The molecular formula is C96H146N28O25. The van der Waals surface area contributed by atoms with Crippen molar-refractivity contribution in [2.45, 2.75) is 279 Å². The highest BCUT2D eigenvalue weighted by Gasteiger charge is 2.45. The number of benzene rings is 2. The van der Waals surface area contributed by atoms with Crippen LogP contribution in [0, 0.1) is 5.41 Å². The molecular weight excluding hydrogens is 1950 g/mol. The number of aliphatic hydroxyl groups is 2. The fraction of sp³-hybridized carbons (Fsp3) is 0.604. The number of aryl methyl sites for hydroxylation is 1. The number of carboxylic acids is 2. The van der Waals surface area contributed by atoms with Gasteiger partial charge >= 0.3 is 11.9 Å². The largest absolute Gasteiger partial charge is 0.480 e. The SMILES string of the molecule is CCCC[C@H](NC(=O)[C@H](CNC(=O)CN(CC(=O)O)CC(=O)O)NC(=O)[C@H](Cc1c[nH]cn1)NC(=O)[C@H](CCC(N)=O)NC(=O)[C@H](CO)NC(=O)CNC(=O)COCCOCCNC(=O)CCCCCCCCCCCCCCCc1nnn[nH]1)C(=O)N[C@H]1CCC(=O)NCCCC[C@@H](C(N)=O)NC(=O)[C@@H](Cc2c[nH]c3ccccc23)NC(=O)[C@H](CCCNC(=N)N)NC(=O)[C@@H](Cc2ccccc2)NC(=O)[C@@H]2C[C@@H](O)CN2C1=O. The molecule has 149 heavy (non-hydrogen) atoms. The maximum Gasteiger partial charge on any atom is 0.317 e. The molecule has 53 heteroatoms. The van der Waals surface area contributed by atoms with Gasteiger partial charge < -0.3 is 142 Å². The number of imidazole rings is 1. The molecule has 2 aliphatic rings. The normalized spacial score (nSPS) is 18.1. The fourth-order valence-electron chi connectivity index (χ4n) is 16.6. The molecule has 0 radical (unpaired) electrons. The zero-order valence-corrected chi connectivity index (χ0v) is 84.0. The Hall–Kier alpha value is -14.7. The lowest BCUT2D eigenvalue weighted by molar-refractivity contribution is -0.143. The van der Waals surface area contributed by atoms with Crippen molar-refractivity contribution in [3.05, 3.63) is 96.0 Å². The monoisotopic (exact) mass is 2090 g/mol. The summed E-state index contributed by atoms with van der Waals surface area (Å²) in [5.41, 5.74) is 18.8. The van der Waals surface area contributed by atoms with E-state index in [2.05, 4.69) is 115 Å². The molecule has 820 valence electrons. The minimum absolute atomic E-state index is 0.0145. The quantitative estimate of drug-likeness (QED) is 0.00985. The third kappa shape index (κ3) is 46.9. The summed E-state index contributed by atoms with van der Waals surface area (Å²) < 4.78 is 10.9. The van der Waals surface area contributed by atoms with Crippen LogP contribution in [0.2, 0.25) is 0 Å². The van der Waals surface area contributed by atoms with Gasteiger partial charge in [-0.2, -0.15) is 0 Å². The Labute approximate surface area is 860 Å². The van der Waals surface area contributed by atoms with E-state index in [9.17, 15) is 82.8 Å². The molecule has 17 amide bonds. The van der Waals surface area contributed by atoms with Crippen molar-refractivity contribution >= 4 is 129 Å². The minimum Gasteiger partial charge on any atom is -0.480 e. The number of aliphatic hydroxyl groups excluding tert-OH is 2. The van der Waals surface area contributed by atoms with Gasteiger partial charge in [0, 0.05) is 107 Å². The molecule has 5 aromatic rings. The number of carboxylic acid groups (broad SMARTS) is 2. The van der Waals surface area contributed by atoms with Gasteiger partial charge in [0.2, 0.25) is 100 Å². The van der Waals surface area contributed by atoms with E-state index in [1.807, 2.05) is 0 Å². The number of carbonyl (C=O) groups excluding carboxylic acids is 17. The number of fused-ring (bicyclic) bond motifs is 2. The van der Waals surface area contributed by atoms with Crippen LogP contribution in [0.25, 0.3) is 10.9 Å². The number of guanidine groups is 1. The number of aromatic amines is 3. The van der Waals surface area contributed by atoms with Gasteiger partial charge in [0.1, 0.15) is 78.9 Å². The molecule has 2 aliphatic heterocycles. The number of amides is 17. The van der Waals surface area contributed by atoms with Crippen LogP contribution < -0.4 is 97.0 Å². The van der Waals surface area contributed by atoms with Crippen molar-refractivity contribution < 1.29 is 121 Å². The molecule has 0 aliphatic carbocycles. The predicted octanol–water partition coefficient (Wildman–Crippen LogP) is -4.92. The van der Waals surface area contributed by atoms with Crippen molar-refractivity contribution in [1.29, 1.82) is 5.41 Å². The number of nitrogens with zero attached hydrogens (tertiary/aromatic N) is 6. The Balaban J connectivity index is 1.04. The number of carbonyl (C=O) groups is 19. The van der Waals surface area contributed by atoms with Crippen molar-refractivity contribution in [2.24, 2.45) is 17.2 Å². The lowest BCUT2D eigenvalue weighted by Crippen LogP contribution is -2.62. The number of H-pyrrole nitrogens is 3. The summed E-state index contributed by atoms with van der Waals surface area (Å²) in [7, 11) is 0. The Morgan fingerprint density at radius 2 is 1.20 bits per heavy atom. The highest BCUT2D eigenvalue weighted by Crippen LogP contribution is 2.25. The number of tetrazole rings is 1. The van der Waals surface area contributed by atoms with E-state index in [4.69, 9.17) is 32.1 Å². The number of para-hydroxylation sites is 1. The lowest BCUT2D eigenvalue weighted by atomic mass is 10.0. The van der Waals surface area contributed by atoms with Crippen LogP contribution in [-0.4, -0.2) is 349 Å². The second kappa shape index (κ2) is 67.2. The number of hydrogen-bond donors (Lipinski definition) is 26. The van der Waals surface area contributed by atoms with Gasteiger partial charge in [0.05, 0.1) is 70.7 Å². The first kappa shape index (κ1) is 121. The van der Waals surface area contributed by atoms with Gasteiger partial charge in [0.15, 0.2) is 5.96 Å². The van der Waals surface area contributed by atoms with Crippen LogP contribution in [0.15, 0.2) is 73.3 Å². The van der Waals surface area contributed by atoms with Gasteiger partial charge in [-0.05, 0) is 91.8 Å². The maximum absolute atomic E-state index is 15.5. The van der Waals surface area contributed by atoms with Gasteiger partial charge in [-0.3, -0.25) is 101 Å². The van der Waals surface area contributed by atoms with Crippen LogP contribution in [0.1, 0.15) is 203 Å². The second-order valence-corrected chi connectivity index (χ2v) is 36.7. The first-order chi connectivity index (χ1) is 71.6. The zero-order chi connectivity index (χ0) is 108. The molecule has 2 aromatic carbocycles. The van der Waals surface area contributed by atoms with Crippen LogP contribution in [0.3, 0.4) is 0 Å². The summed E-state index contributed by atoms with van der Waals surface area (Å²) in [4.78, 5) is 276. The van der Waals surface area contributed by atoms with Crippen molar-refractivity contribution in [3.63, 3.8) is 0 Å². The number of unbranched alkanes of at least 4 members (excludes halogenated alkanes) is 13. The Bertz CT molecular complexity index is 5140. The third-order valence-corrected chi connectivity index (χ3v) is 24.6. The van der Waals surface area contributed by atoms with Gasteiger partial charge in [-0.25, -0.2) is 10.1 Å². The number of aliphatic carboxylic acids is 2. The molecule has 2 fully saturated rings. The summed E-state index contributed by atoms with van der Waals surface area (Å²) in [5, 5.41) is 102. The molecule has 12 atom stereocenters. The van der Waals surface area contributed by atoms with E-state index in [1.165, 1.54) is 63.9 Å². The molecule has 5 heterocycles. The Morgan fingerprint density at radius 1 is 0.584 bits per heavy atom. The number of ether oxygens (including phenoxy) is 2. The summed E-state index contributed by atoms with van der Waals surface area (Å²) in [5.74, 6) is -19.5. The molecule has 3 aromatic heterocycles. The Morgan fingerprint density at radius 3 is 1.86 bits per heavy atom. The van der Waals surface area contributed by atoms with E-state index < -0.39 is 276 Å². The summed E-state index contributed by atoms with van der Waals surface area (Å²) in [6, 6.07) is -3.47. The topological polar surface area (TPSA) is 811 Å².